The van der Waals surface area contributed by atoms with Gasteiger partial charge >= 0.3 is 72.2 Å². The van der Waals surface area contributed by atoms with E-state index >= 15 is 0 Å². The average Bonchev–Trinajstić information content (AvgIpc) is 0.722. The zero-order valence-electron chi connectivity index (χ0n) is 3.55. The summed E-state index contributed by atoms with van der Waals surface area (Å²) in [4.78, 5) is 25.6. The van der Waals surface area contributed by atoms with Crippen molar-refractivity contribution in [1.82, 2.24) is 0 Å². The molecule has 4 nitrogen and oxygen atoms in total. The third-order valence-electron chi connectivity index (χ3n) is 0. The van der Waals surface area contributed by atoms with Crippen molar-refractivity contribution in [2.24, 2.45) is 0 Å². The summed E-state index contributed by atoms with van der Waals surface area (Å²) >= 11 is 0. The van der Waals surface area contributed by atoms with Gasteiger partial charge in [-0.1, -0.05) is 0 Å². The number of hydrogen-bond donors (Lipinski definition) is 0. The van der Waals surface area contributed by atoms with E-state index in [-0.39, 0.29) is 72.2 Å². The van der Waals surface area contributed by atoms with E-state index in [1.807, 2.05) is 0 Å². The molecule has 0 amide bonds. The second kappa shape index (κ2) is 9.42. The molecule has 8 heteroatoms. The molecule has 0 saturated carbocycles. The van der Waals surface area contributed by atoms with Crippen molar-refractivity contribution in [3.63, 3.8) is 0 Å². The molecule has 0 heterocycles. The van der Waals surface area contributed by atoms with Gasteiger partial charge in [-0.25, -0.2) is 0 Å². The van der Waals surface area contributed by atoms with Crippen LogP contribution in [0.3, 0.4) is 0 Å². The minimum absolute atomic E-state index is 0. The van der Waals surface area contributed by atoms with Gasteiger partial charge in [-0.15, -0.1) is 0 Å². The van der Waals surface area contributed by atoms with Gasteiger partial charge in [0.05, 0.1) is 0 Å². The molecular weight excluding hydrogens is 243 g/mol. The Labute approximate surface area is 97.9 Å². The zero-order valence-corrected chi connectivity index (χ0v) is 9.03. The van der Waals surface area contributed by atoms with Crippen LogP contribution in [-0.2, 0) is 39.0 Å². The average molecular weight is 243 g/mol. The van der Waals surface area contributed by atoms with Crippen molar-refractivity contribution < 1.29 is 53.7 Å². The summed E-state index contributed by atoms with van der Waals surface area (Å²) < 4.78 is 8.55. The molecule has 0 bridgehead atoms. The minimum atomic E-state index is -5.39. The summed E-state index contributed by atoms with van der Waals surface area (Å²) in [5.41, 5.74) is 0. The van der Waals surface area contributed by atoms with Crippen LogP contribution in [0.15, 0.2) is 0 Å². The van der Waals surface area contributed by atoms with Crippen LogP contribution in [0.4, 0.5) is 0 Å². The predicted octanol–water partition coefficient (Wildman–Crippen LogP) is -3.21. The standard InChI is InChI=1S/Ca.Cr.Fe.H3O4P/c;;;1-5(2,3)4/h;;;(H3,1,2,3,4)/q+2;+3;+2;/p-3. The number of rotatable bonds is 0. The van der Waals surface area contributed by atoms with Crippen LogP contribution >= 0.6 is 7.82 Å². The quantitative estimate of drug-likeness (QED) is 0.331. The van der Waals surface area contributed by atoms with Crippen LogP contribution < -0.4 is 14.7 Å². The second-order valence-corrected chi connectivity index (χ2v) is 1.34. The van der Waals surface area contributed by atoms with Crippen molar-refractivity contribution in [3.05, 3.63) is 0 Å². The molecule has 0 rings (SSSR count). The van der Waals surface area contributed by atoms with E-state index < -0.39 is 7.82 Å². The van der Waals surface area contributed by atoms with E-state index in [2.05, 4.69) is 0 Å². The summed E-state index contributed by atoms with van der Waals surface area (Å²) in [7, 11) is -5.39. The first-order valence-corrected chi connectivity index (χ1v) is 2.19. The van der Waals surface area contributed by atoms with Crippen molar-refractivity contribution in [3.8, 4) is 0 Å². The van der Waals surface area contributed by atoms with Crippen LogP contribution in [0.5, 0.6) is 0 Å². The summed E-state index contributed by atoms with van der Waals surface area (Å²) in [6.45, 7) is 0. The van der Waals surface area contributed by atoms with Crippen molar-refractivity contribution in [2.45, 2.75) is 0 Å². The summed E-state index contributed by atoms with van der Waals surface area (Å²) in [5.74, 6) is 0. The first-order chi connectivity index (χ1) is 2.00. The molecule has 41 valence electrons. The van der Waals surface area contributed by atoms with Gasteiger partial charge in [-0.2, -0.15) is 7.82 Å². The largest absolute Gasteiger partial charge is 3.00 e. The van der Waals surface area contributed by atoms with Gasteiger partial charge in [0.25, 0.3) is 0 Å². The van der Waals surface area contributed by atoms with Gasteiger partial charge in [-0.05, 0) is 0 Å². The topological polar surface area (TPSA) is 86.2 Å². The Morgan fingerprint density at radius 1 is 1.12 bits per heavy atom. The van der Waals surface area contributed by atoms with Gasteiger partial charge < -0.3 is 19.2 Å². The molecule has 0 aliphatic carbocycles. The fourth-order valence-corrected chi connectivity index (χ4v) is 0. The van der Waals surface area contributed by atoms with Gasteiger partial charge in [0.1, 0.15) is 0 Å². The van der Waals surface area contributed by atoms with Crippen LogP contribution in [0.25, 0.3) is 0 Å². The van der Waals surface area contributed by atoms with Crippen LogP contribution in [-0.4, -0.2) is 37.7 Å². The predicted molar refractivity (Wildman–Crippen MR) is 13.4 cm³/mol. The fourth-order valence-electron chi connectivity index (χ4n) is 0. The van der Waals surface area contributed by atoms with E-state index in [0.717, 1.165) is 0 Å². The van der Waals surface area contributed by atoms with Crippen molar-refractivity contribution >= 4 is 45.6 Å². The first-order valence-electron chi connectivity index (χ1n) is 0.730. The van der Waals surface area contributed by atoms with Crippen LogP contribution in [0.2, 0.25) is 0 Å². The molecule has 0 aromatic rings. The van der Waals surface area contributed by atoms with Crippen LogP contribution in [0, 0.1) is 0 Å². The fraction of sp³-hybridized carbons (Fsp3) is 0. The molecule has 0 aliphatic heterocycles. The first kappa shape index (κ1) is 22.4. The Hall–Kier alpha value is 2.42. The monoisotopic (exact) mass is 243 g/mol. The normalized spacial score (nSPS) is 7.38. The minimum Gasteiger partial charge on any atom is -0.822 e. The van der Waals surface area contributed by atoms with Gasteiger partial charge in [0, 0.05) is 0 Å². The smallest absolute Gasteiger partial charge is 0.822 e. The van der Waals surface area contributed by atoms with E-state index in [1.54, 1.807) is 0 Å². The maximum absolute atomic E-state index is 8.55. The van der Waals surface area contributed by atoms with E-state index in [4.69, 9.17) is 19.2 Å². The molecule has 0 atom stereocenters. The molecule has 0 aromatic heterocycles. The Kier molecular flexibility index (Phi) is 26.4. The number of phosphoric acid groups is 1. The third kappa shape index (κ3) is 79.1. The summed E-state index contributed by atoms with van der Waals surface area (Å²) in [6, 6.07) is 0. The van der Waals surface area contributed by atoms with Crippen LogP contribution in [0.1, 0.15) is 0 Å². The Balaban J connectivity index is -0.0000000267. The van der Waals surface area contributed by atoms with Crippen molar-refractivity contribution in [2.75, 3.05) is 0 Å². The number of hydrogen-bond acceptors (Lipinski definition) is 4. The Morgan fingerprint density at radius 2 is 1.12 bits per heavy atom. The molecule has 0 N–H and O–H groups in total. The summed E-state index contributed by atoms with van der Waals surface area (Å²) in [6.07, 6.45) is 0. The third-order valence-corrected chi connectivity index (χ3v) is 0. The molecular formula is CaCrFeO4P+4. The molecule has 8 heavy (non-hydrogen) atoms. The van der Waals surface area contributed by atoms with Gasteiger partial charge in [0.15, 0.2) is 0 Å². The molecule has 0 aromatic carbocycles. The SMILES string of the molecule is O=P([O-])([O-])[O-].[Ca+2].[Cr+3].[Fe+2]. The maximum atomic E-state index is 8.55. The molecule has 1 radical (unpaired) electrons. The maximum Gasteiger partial charge on any atom is 3.00 e. The molecule has 0 saturated heterocycles. The summed E-state index contributed by atoms with van der Waals surface area (Å²) in [5, 5.41) is 0. The molecule has 0 unspecified atom stereocenters. The zero-order chi connectivity index (χ0) is 4.50. The van der Waals surface area contributed by atoms with Gasteiger partial charge in [0.2, 0.25) is 0 Å². The van der Waals surface area contributed by atoms with E-state index in [0.29, 0.717) is 0 Å². The molecule has 0 fully saturated rings. The Morgan fingerprint density at radius 3 is 1.12 bits per heavy atom. The van der Waals surface area contributed by atoms with E-state index in [1.165, 1.54) is 0 Å². The molecule has 0 aliphatic rings. The second-order valence-electron chi connectivity index (χ2n) is 0.447. The molecule has 0 spiro atoms. The van der Waals surface area contributed by atoms with E-state index in [9.17, 15) is 0 Å². The van der Waals surface area contributed by atoms with Crippen molar-refractivity contribution in [1.29, 1.82) is 0 Å². The van der Waals surface area contributed by atoms with Gasteiger partial charge in [-0.3, -0.25) is 0 Å². The Bertz CT molecular complexity index is 62.2.